The van der Waals surface area contributed by atoms with E-state index in [1.807, 2.05) is 0 Å². The van der Waals surface area contributed by atoms with Crippen LogP contribution in [0.15, 0.2) is 17.2 Å². The molecule has 0 saturated heterocycles. The number of aryl methyl sites for hydroxylation is 1. The van der Waals surface area contributed by atoms with Crippen molar-refractivity contribution in [3.63, 3.8) is 0 Å². The van der Waals surface area contributed by atoms with Gasteiger partial charge in [-0.3, -0.25) is 4.79 Å². The van der Waals surface area contributed by atoms with E-state index < -0.39 is 9.05 Å². The normalized spacial score (nSPS) is 15.3. The average Bonchev–Trinajstić information content (AvgIpc) is 3.08. The standard InChI is InChI=1S/C12H17ClN2O4S/c1-15-7-10(20(13,17)18)6-11(15)12(16)14-4-5-19-8-9-2-3-9/h6-7,9H,2-5,8H2,1H3,(H,14,16). The summed E-state index contributed by atoms with van der Waals surface area (Å²) in [5, 5.41) is 2.68. The summed E-state index contributed by atoms with van der Waals surface area (Å²) in [6, 6.07) is 1.25. The largest absolute Gasteiger partial charge is 0.379 e. The lowest BCUT2D eigenvalue weighted by atomic mass is 10.4. The summed E-state index contributed by atoms with van der Waals surface area (Å²) in [5.41, 5.74) is 0.242. The lowest BCUT2D eigenvalue weighted by Crippen LogP contribution is -2.28. The summed E-state index contributed by atoms with van der Waals surface area (Å²) in [5.74, 6) is 0.337. The van der Waals surface area contributed by atoms with Gasteiger partial charge in [0, 0.05) is 37.1 Å². The third kappa shape index (κ3) is 4.22. The van der Waals surface area contributed by atoms with Crippen molar-refractivity contribution in [2.45, 2.75) is 17.7 Å². The van der Waals surface area contributed by atoms with Crippen LogP contribution in [0, 0.1) is 5.92 Å². The van der Waals surface area contributed by atoms with E-state index in [4.69, 9.17) is 15.4 Å². The van der Waals surface area contributed by atoms with Crippen molar-refractivity contribution >= 4 is 25.6 Å². The zero-order chi connectivity index (χ0) is 14.8. The van der Waals surface area contributed by atoms with Crippen LogP contribution >= 0.6 is 10.7 Å². The van der Waals surface area contributed by atoms with Gasteiger partial charge in [0.1, 0.15) is 10.6 Å². The number of nitrogens with zero attached hydrogens (tertiary/aromatic N) is 1. The Morgan fingerprint density at radius 1 is 1.55 bits per heavy atom. The first-order chi connectivity index (χ1) is 9.38. The minimum Gasteiger partial charge on any atom is -0.379 e. The number of halogens is 1. The van der Waals surface area contributed by atoms with Gasteiger partial charge in [0.05, 0.1) is 6.61 Å². The van der Waals surface area contributed by atoms with E-state index in [1.54, 1.807) is 7.05 Å². The monoisotopic (exact) mass is 320 g/mol. The predicted octanol–water partition coefficient (Wildman–Crippen LogP) is 1.11. The van der Waals surface area contributed by atoms with E-state index in [2.05, 4.69) is 5.32 Å². The van der Waals surface area contributed by atoms with E-state index in [-0.39, 0.29) is 16.5 Å². The molecular weight excluding hydrogens is 304 g/mol. The molecule has 0 atom stereocenters. The first-order valence-electron chi connectivity index (χ1n) is 6.35. The molecule has 1 fully saturated rings. The molecule has 0 spiro atoms. The second-order valence-corrected chi connectivity index (χ2v) is 7.45. The zero-order valence-corrected chi connectivity index (χ0v) is 12.7. The summed E-state index contributed by atoms with van der Waals surface area (Å²) in [6.45, 7) is 1.59. The highest BCUT2D eigenvalue weighted by atomic mass is 35.7. The van der Waals surface area contributed by atoms with Crippen molar-refractivity contribution in [2.75, 3.05) is 19.8 Å². The third-order valence-corrected chi connectivity index (χ3v) is 4.40. The number of carbonyl (C=O) groups is 1. The van der Waals surface area contributed by atoms with Crippen LogP contribution in [0.5, 0.6) is 0 Å². The van der Waals surface area contributed by atoms with Crippen molar-refractivity contribution in [3.8, 4) is 0 Å². The van der Waals surface area contributed by atoms with E-state index in [0.29, 0.717) is 19.1 Å². The molecule has 0 unspecified atom stereocenters. The molecule has 1 amide bonds. The minimum absolute atomic E-state index is 0.0863. The Bertz CT molecular complexity index is 593. The van der Waals surface area contributed by atoms with Crippen LogP contribution in [0.25, 0.3) is 0 Å². The Kier molecular flexibility index (Phi) is 4.72. The van der Waals surface area contributed by atoms with Gasteiger partial charge in [-0.05, 0) is 24.8 Å². The molecule has 1 aliphatic carbocycles. The number of amides is 1. The molecule has 0 aliphatic heterocycles. The van der Waals surface area contributed by atoms with Crippen LogP contribution in [0.3, 0.4) is 0 Å². The van der Waals surface area contributed by atoms with Crippen LogP contribution in [0.4, 0.5) is 0 Å². The van der Waals surface area contributed by atoms with Crippen LogP contribution in [0.2, 0.25) is 0 Å². The number of ether oxygens (including phenoxy) is 1. The van der Waals surface area contributed by atoms with E-state index >= 15 is 0 Å². The number of hydrogen-bond donors (Lipinski definition) is 1. The molecular formula is C12H17ClN2O4S. The van der Waals surface area contributed by atoms with Crippen LogP contribution in [-0.4, -0.2) is 38.7 Å². The number of nitrogens with one attached hydrogen (secondary N) is 1. The maximum atomic E-state index is 11.9. The van der Waals surface area contributed by atoms with Gasteiger partial charge in [0.15, 0.2) is 0 Å². The fourth-order valence-electron chi connectivity index (χ4n) is 1.76. The molecule has 0 bridgehead atoms. The molecule has 0 radical (unpaired) electrons. The maximum absolute atomic E-state index is 11.9. The van der Waals surface area contributed by atoms with Crippen molar-refractivity contribution in [3.05, 3.63) is 18.0 Å². The van der Waals surface area contributed by atoms with E-state index in [0.717, 1.165) is 6.61 Å². The van der Waals surface area contributed by atoms with Gasteiger partial charge in [-0.1, -0.05) is 0 Å². The zero-order valence-electron chi connectivity index (χ0n) is 11.1. The molecule has 1 aliphatic rings. The van der Waals surface area contributed by atoms with Gasteiger partial charge in [-0.15, -0.1) is 0 Å². The molecule has 1 saturated carbocycles. The van der Waals surface area contributed by atoms with E-state index in [1.165, 1.54) is 29.7 Å². The van der Waals surface area contributed by atoms with Crippen molar-refractivity contribution in [2.24, 2.45) is 13.0 Å². The first kappa shape index (κ1) is 15.3. The Morgan fingerprint density at radius 3 is 2.80 bits per heavy atom. The highest BCUT2D eigenvalue weighted by molar-refractivity contribution is 8.13. The van der Waals surface area contributed by atoms with Gasteiger partial charge in [-0.25, -0.2) is 8.42 Å². The lowest BCUT2D eigenvalue weighted by Gasteiger charge is -2.06. The molecule has 2 rings (SSSR count). The average molecular weight is 321 g/mol. The first-order valence-corrected chi connectivity index (χ1v) is 8.66. The fourth-order valence-corrected chi connectivity index (χ4v) is 2.54. The summed E-state index contributed by atoms with van der Waals surface area (Å²) >= 11 is 0. The molecule has 20 heavy (non-hydrogen) atoms. The van der Waals surface area contributed by atoms with Crippen molar-refractivity contribution in [1.82, 2.24) is 9.88 Å². The van der Waals surface area contributed by atoms with Gasteiger partial charge >= 0.3 is 0 Å². The van der Waals surface area contributed by atoms with Crippen LogP contribution < -0.4 is 5.32 Å². The van der Waals surface area contributed by atoms with Gasteiger partial charge in [-0.2, -0.15) is 0 Å². The second-order valence-electron chi connectivity index (χ2n) is 4.88. The SMILES string of the molecule is Cn1cc(S(=O)(=O)Cl)cc1C(=O)NCCOCC1CC1. The molecule has 112 valence electrons. The Labute approximate surface area is 122 Å². The van der Waals surface area contributed by atoms with Crippen LogP contribution in [-0.2, 0) is 20.8 Å². The summed E-state index contributed by atoms with van der Waals surface area (Å²) in [6.07, 6.45) is 3.76. The van der Waals surface area contributed by atoms with Crippen molar-refractivity contribution in [1.29, 1.82) is 0 Å². The number of rotatable bonds is 7. The van der Waals surface area contributed by atoms with Crippen LogP contribution in [0.1, 0.15) is 23.3 Å². The lowest BCUT2D eigenvalue weighted by molar-refractivity contribution is 0.0899. The molecule has 8 heteroatoms. The highest BCUT2D eigenvalue weighted by Crippen LogP contribution is 2.28. The second kappa shape index (κ2) is 6.15. The Hall–Kier alpha value is -1.05. The number of hydrogen-bond acceptors (Lipinski definition) is 4. The molecule has 1 heterocycles. The van der Waals surface area contributed by atoms with Gasteiger partial charge in [0.25, 0.3) is 15.0 Å². The predicted molar refractivity (Wildman–Crippen MR) is 74.3 cm³/mol. The van der Waals surface area contributed by atoms with Gasteiger partial charge in [0.2, 0.25) is 0 Å². The van der Waals surface area contributed by atoms with Crippen molar-refractivity contribution < 1.29 is 17.9 Å². The molecule has 1 aromatic rings. The Morgan fingerprint density at radius 2 is 2.25 bits per heavy atom. The van der Waals surface area contributed by atoms with E-state index in [9.17, 15) is 13.2 Å². The fraction of sp³-hybridized carbons (Fsp3) is 0.583. The number of carbonyl (C=O) groups excluding carboxylic acids is 1. The summed E-state index contributed by atoms with van der Waals surface area (Å²) < 4.78 is 29.2. The summed E-state index contributed by atoms with van der Waals surface area (Å²) in [7, 11) is 3.00. The third-order valence-electron chi connectivity index (χ3n) is 3.08. The molecule has 6 nitrogen and oxygen atoms in total. The minimum atomic E-state index is -3.82. The Balaban J connectivity index is 1.83. The molecule has 1 N–H and O–H groups in total. The molecule has 1 aromatic heterocycles. The summed E-state index contributed by atoms with van der Waals surface area (Å²) in [4.78, 5) is 11.8. The quantitative estimate of drug-likeness (QED) is 0.603. The molecule has 0 aromatic carbocycles. The van der Waals surface area contributed by atoms with Gasteiger partial charge < -0.3 is 14.6 Å². The topological polar surface area (TPSA) is 77.4 Å². The number of aromatic nitrogens is 1. The highest BCUT2D eigenvalue weighted by Gasteiger charge is 2.21. The maximum Gasteiger partial charge on any atom is 0.268 e. The smallest absolute Gasteiger partial charge is 0.268 e.